The third kappa shape index (κ3) is 4.19. The number of likely N-dealkylation sites (N-methyl/N-ethyl adjacent to an activating group) is 1. The Kier molecular flexibility index (Phi) is 5.52. The van der Waals surface area contributed by atoms with Crippen LogP contribution in [0.3, 0.4) is 0 Å². The molecule has 0 unspecified atom stereocenters. The van der Waals surface area contributed by atoms with Gasteiger partial charge in [0.25, 0.3) is 5.91 Å². The van der Waals surface area contributed by atoms with Crippen molar-refractivity contribution in [2.45, 2.75) is 13.0 Å². The van der Waals surface area contributed by atoms with E-state index in [2.05, 4.69) is 10.2 Å². The lowest BCUT2D eigenvalue weighted by Crippen LogP contribution is -2.44. The van der Waals surface area contributed by atoms with E-state index in [1.807, 2.05) is 11.9 Å². The zero-order chi connectivity index (χ0) is 18.7. The Morgan fingerprint density at radius 3 is 2.46 bits per heavy atom. The maximum atomic E-state index is 14.5. The van der Waals surface area contributed by atoms with Crippen molar-refractivity contribution in [3.8, 4) is 0 Å². The maximum absolute atomic E-state index is 14.5. The molecule has 6 heteroatoms. The zero-order valence-corrected chi connectivity index (χ0v) is 15.0. The van der Waals surface area contributed by atoms with Gasteiger partial charge in [0.2, 0.25) is 0 Å². The average Bonchev–Trinajstić information content (AvgIpc) is 2.62. The summed E-state index contributed by atoms with van der Waals surface area (Å²) >= 11 is 0. The van der Waals surface area contributed by atoms with Gasteiger partial charge in [0.05, 0.1) is 11.7 Å². The summed E-state index contributed by atoms with van der Waals surface area (Å²) in [5, 5.41) is 2.78. The minimum absolute atomic E-state index is 0.253. The van der Waals surface area contributed by atoms with Crippen LogP contribution in [0.5, 0.6) is 0 Å². The van der Waals surface area contributed by atoms with Gasteiger partial charge in [0.15, 0.2) is 0 Å². The van der Waals surface area contributed by atoms with Crippen LogP contribution >= 0.6 is 0 Å². The second-order valence-corrected chi connectivity index (χ2v) is 6.71. The van der Waals surface area contributed by atoms with Crippen molar-refractivity contribution in [2.24, 2.45) is 0 Å². The van der Waals surface area contributed by atoms with E-state index in [-0.39, 0.29) is 23.3 Å². The molecule has 0 spiro atoms. The lowest BCUT2D eigenvalue weighted by atomic mass is 10.1. The number of nitrogens with one attached hydrogen (secondary N) is 1. The molecule has 1 N–H and O–H groups in total. The Labute approximate surface area is 152 Å². The number of halogens is 2. The van der Waals surface area contributed by atoms with Crippen molar-refractivity contribution in [3.05, 3.63) is 65.2 Å². The van der Waals surface area contributed by atoms with E-state index >= 15 is 0 Å². The highest BCUT2D eigenvalue weighted by molar-refractivity contribution is 5.94. The molecule has 4 nitrogen and oxygen atoms in total. The predicted octanol–water partition coefficient (Wildman–Crippen LogP) is 3.21. The molecule has 26 heavy (non-hydrogen) atoms. The summed E-state index contributed by atoms with van der Waals surface area (Å²) < 4.78 is 27.8. The molecule has 1 amide bonds. The number of piperazine rings is 1. The SMILES string of the molecule is C[C@@H](NC(=O)c1ccc(N2CCN(C)CC2)c(F)c1)c1cccc(F)c1. The Morgan fingerprint density at radius 1 is 1.08 bits per heavy atom. The van der Waals surface area contributed by atoms with Gasteiger partial charge in [0, 0.05) is 31.7 Å². The second-order valence-electron chi connectivity index (χ2n) is 6.71. The van der Waals surface area contributed by atoms with Crippen LogP contribution < -0.4 is 10.2 Å². The molecule has 3 rings (SSSR count). The van der Waals surface area contributed by atoms with Crippen molar-refractivity contribution in [1.82, 2.24) is 10.2 Å². The molecule has 0 aliphatic carbocycles. The molecule has 1 aliphatic heterocycles. The average molecular weight is 359 g/mol. The third-order valence-electron chi connectivity index (χ3n) is 4.75. The largest absolute Gasteiger partial charge is 0.367 e. The minimum Gasteiger partial charge on any atom is -0.367 e. The standard InChI is InChI=1S/C20H23F2N3O/c1-14(15-4-3-5-17(21)12-15)23-20(26)16-6-7-19(18(22)13-16)25-10-8-24(2)9-11-25/h3-7,12-14H,8-11H2,1-2H3,(H,23,26)/t14-/m1/s1. The summed E-state index contributed by atoms with van der Waals surface area (Å²) in [5.41, 5.74) is 1.43. The molecule has 0 bridgehead atoms. The first-order chi connectivity index (χ1) is 12.4. The Hall–Kier alpha value is -2.47. The number of carbonyl (C=O) groups excluding carboxylic acids is 1. The van der Waals surface area contributed by atoms with E-state index in [9.17, 15) is 13.6 Å². The fraction of sp³-hybridized carbons (Fsp3) is 0.350. The van der Waals surface area contributed by atoms with Crippen LogP contribution in [0, 0.1) is 11.6 Å². The van der Waals surface area contributed by atoms with Gasteiger partial charge in [-0.2, -0.15) is 0 Å². The Morgan fingerprint density at radius 2 is 1.81 bits per heavy atom. The summed E-state index contributed by atoms with van der Waals surface area (Å²) in [6, 6.07) is 10.2. The van der Waals surface area contributed by atoms with E-state index < -0.39 is 5.82 Å². The van der Waals surface area contributed by atoms with E-state index in [1.165, 1.54) is 18.2 Å². The molecule has 0 aromatic heterocycles. The summed E-state index contributed by atoms with van der Waals surface area (Å²) in [4.78, 5) is 16.6. The van der Waals surface area contributed by atoms with E-state index in [0.717, 1.165) is 26.2 Å². The normalized spacial score (nSPS) is 16.4. The van der Waals surface area contributed by atoms with E-state index in [4.69, 9.17) is 0 Å². The topological polar surface area (TPSA) is 35.6 Å². The van der Waals surface area contributed by atoms with Crippen LogP contribution in [-0.4, -0.2) is 44.0 Å². The van der Waals surface area contributed by atoms with E-state index in [0.29, 0.717) is 11.3 Å². The lowest BCUT2D eigenvalue weighted by molar-refractivity contribution is 0.0939. The van der Waals surface area contributed by atoms with Gasteiger partial charge in [-0.3, -0.25) is 4.79 Å². The molecule has 1 fully saturated rings. The van der Waals surface area contributed by atoms with E-state index in [1.54, 1.807) is 31.2 Å². The first-order valence-electron chi connectivity index (χ1n) is 8.73. The molecule has 1 atom stereocenters. The number of carbonyl (C=O) groups is 1. The van der Waals surface area contributed by atoms with Crippen LogP contribution in [0.1, 0.15) is 28.9 Å². The molecule has 0 saturated carbocycles. The highest BCUT2D eigenvalue weighted by Crippen LogP contribution is 2.22. The van der Waals surface area contributed by atoms with Gasteiger partial charge in [-0.25, -0.2) is 8.78 Å². The number of nitrogens with zero attached hydrogens (tertiary/aromatic N) is 2. The monoisotopic (exact) mass is 359 g/mol. The molecular weight excluding hydrogens is 336 g/mol. The number of rotatable bonds is 4. The molecule has 0 radical (unpaired) electrons. The van der Waals surface area contributed by atoms with Crippen LogP contribution in [0.25, 0.3) is 0 Å². The fourth-order valence-corrected chi connectivity index (χ4v) is 3.09. The van der Waals surface area contributed by atoms with Crippen LogP contribution in [-0.2, 0) is 0 Å². The molecule has 1 saturated heterocycles. The second kappa shape index (κ2) is 7.83. The molecule has 2 aromatic rings. The van der Waals surface area contributed by atoms with Crippen molar-refractivity contribution in [3.63, 3.8) is 0 Å². The first kappa shape index (κ1) is 18.3. The van der Waals surface area contributed by atoms with Gasteiger partial charge < -0.3 is 15.1 Å². The zero-order valence-electron chi connectivity index (χ0n) is 15.0. The number of amides is 1. The first-order valence-corrected chi connectivity index (χ1v) is 8.73. The van der Waals surface area contributed by atoms with Crippen molar-refractivity contribution in [1.29, 1.82) is 0 Å². The predicted molar refractivity (Wildman–Crippen MR) is 98.4 cm³/mol. The van der Waals surface area contributed by atoms with Gasteiger partial charge in [-0.15, -0.1) is 0 Å². The number of benzene rings is 2. The lowest BCUT2D eigenvalue weighted by Gasteiger charge is -2.34. The van der Waals surface area contributed by atoms with Crippen LogP contribution in [0.2, 0.25) is 0 Å². The summed E-state index contributed by atoms with van der Waals surface area (Å²) in [6.07, 6.45) is 0. The number of anilines is 1. The maximum Gasteiger partial charge on any atom is 0.251 e. The molecular formula is C20H23F2N3O. The van der Waals surface area contributed by atoms with Gasteiger partial charge >= 0.3 is 0 Å². The van der Waals surface area contributed by atoms with Gasteiger partial charge in [-0.1, -0.05) is 12.1 Å². The quantitative estimate of drug-likeness (QED) is 0.911. The van der Waals surface area contributed by atoms with Crippen molar-refractivity contribution >= 4 is 11.6 Å². The molecule has 2 aromatic carbocycles. The smallest absolute Gasteiger partial charge is 0.251 e. The van der Waals surface area contributed by atoms with Crippen LogP contribution in [0.15, 0.2) is 42.5 Å². The Bertz CT molecular complexity index is 788. The summed E-state index contributed by atoms with van der Waals surface area (Å²) in [5.74, 6) is -1.14. The fourth-order valence-electron chi connectivity index (χ4n) is 3.09. The molecule has 1 heterocycles. The molecule has 138 valence electrons. The number of hydrogen-bond acceptors (Lipinski definition) is 3. The third-order valence-corrected chi connectivity index (χ3v) is 4.75. The highest BCUT2D eigenvalue weighted by atomic mass is 19.1. The number of hydrogen-bond donors (Lipinski definition) is 1. The summed E-state index contributed by atoms with van der Waals surface area (Å²) in [6.45, 7) is 5.05. The van der Waals surface area contributed by atoms with Crippen molar-refractivity contribution < 1.29 is 13.6 Å². The molecule has 1 aliphatic rings. The highest BCUT2D eigenvalue weighted by Gasteiger charge is 2.19. The van der Waals surface area contributed by atoms with Gasteiger partial charge in [-0.05, 0) is 49.9 Å². The van der Waals surface area contributed by atoms with Crippen LogP contribution in [0.4, 0.5) is 14.5 Å². The van der Waals surface area contributed by atoms with Gasteiger partial charge in [0.1, 0.15) is 11.6 Å². The summed E-state index contributed by atoms with van der Waals surface area (Å²) in [7, 11) is 2.04. The minimum atomic E-state index is -0.402. The van der Waals surface area contributed by atoms with Crippen molar-refractivity contribution in [2.75, 3.05) is 38.1 Å². The Balaban J connectivity index is 1.69.